The zero-order chi connectivity index (χ0) is 14.9. The minimum absolute atomic E-state index is 0.382. The van der Waals surface area contributed by atoms with Gasteiger partial charge in [-0.3, -0.25) is 4.90 Å². The van der Waals surface area contributed by atoms with Crippen molar-refractivity contribution in [1.82, 2.24) is 9.80 Å². The van der Waals surface area contributed by atoms with E-state index in [0.717, 1.165) is 19.2 Å². The van der Waals surface area contributed by atoms with E-state index < -0.39 is 17.7 Å². The second-order valence-corrected chi connectivity index (χ2v) is 6.00. The van der Waals surface area contributed by atoms with Gasteiger partial charge >= 0.3 is 0 Å². The third-order valence-electron chi connectivity index (χ3n) is 4.13. The topological polar surface area (TPSA) is 32.5 Å². The number of nitrogens with two attached hydrogens (primary N) is 1. The van der Waals surface area contributed by atoms with Crippen LogP contribution in [0.1, 0.15) is 18.5 Å². The molecule has 0 aromatic heterocycles. The Kier molecular flexibility index (Phi) is 4.73. The maximum absolute atomic E-state index is 13.7. The summed E-state index contributed by atoms with van der Waals surface area (Å²) in [6.45, 7) is 4.70. The first kappa shape index (κ1) is 15.4. The fourth-order valence-corrected chi connectivity index (χ4v) is 3.05. The first-order chi connectivity index (χ1) is 9.38. The third kappa shape index (κ3) is 3.34. The van der Waals surface area contributed by atoms with Crippen molar-refractivity contribution in [2.75, 3.05) is 33.7 Å². The lowest BCUT2D eigenvalue weighted by atomic mass is 10.1. The molecule has 2 rings (SSSR count). The number of hydrogen-bond donors (Lipinski definition) is 1. The third-order valence-corrected chi connectivity index (χ3v) is 4.13. The molecule has 0 amide bonds. The van der Waals surface area contributed by atoms with Gasteiger partial charge < -0.3 is 10.6 Å². The number of hydrogen-bond acceptors (Lipinski definition) is 3. The molecule has 1 saturated heterocycles. The highest BCUT2D eigenvalue weighted by atomic mass is 19.1. The number of benzene rings is 1. The zero-order valence-electron chi connectivity index (χ0n) is 12.3. The molecule has 1 aliphatic rings. The lowest BCUT2D eigenvalue weighted by molar-refractivity contribution is 0.248. The van der Waals surface area contributed by atoms with Crippen LogP contribution in [-0.4, -0.2) is 49.6 Å². The number of nitrogens with zero attached hydrogens (tertiary/aromatic N) is 2. The van der Waals surface area contributed by atoms with E-state index in [1.807, 2.05) is 0 Å². The normalized spacial score (nSPS) is 25.4. The molecule has 5 heteroatoms. The molecular formula is C15H23F2N3. The van der Waals surface area contributed by atoms with E-state index in [1.54, 1.807) is 0 Å². The SMILES string of the molecule is CC1CN(CC(N)c2ccc(F)cc2F)CC1N(C)C. The minimum atomic E-state index is -0.569. The van der Waals surface area contributed by atoms with Gasteiger partial charge in [-0.05, 0) is 26.1 Å². The molecule has 112 valence electrons. The van der Waals surface area contributed by atoms with Crippen molar-refractivity contribution in [2.45, 2.75) is 19.0 Å². The lowest BCUT2D eigenvalue weighted by Crippen LogP contribution is -2.36. The largest absolute Gasteiger partial charge is 0.323 e. The van der Waals surface area contributed by atoms with Crippen LogP contribution in [0.3, 0.4) is 0 Å². The predicted octanol–water partition coefficient (Wildman–Crippen LogP) is 1.85. The van der Waals surface area contributed by atoms with Crippen molar-refractivity contribution in [3.63, 3.8) is 0 Å². The summed E-state index contributed by atoms with van der Waals surface area (Å²) >= 11 is 0. The van der Waals surface area contributed by atoms with Gasteiger partial charge in [-0.15, -0.1) is 0 Å². The zero-order valence-corrected chi connectivity index (χ0v) is 12.3. The Labute approximate surface area is 119 Å². The van der Waals surface area contributed by atoms with Crippen molar-refractivity contribution in [3.05, 3.63) is 35.4 Å². The molecule has 3 nitrogen and oxygen atoms in total. The Bertz CT molecular complexity index is 464. The molecule has 0 bridgehead atoms. The van der Waals surface area contributed by atoms with Gasteiger partial charge in [0.1, 0.15) is 11.6 Å². The number of likely N-dealkylation sites (tertiary alicyclic amines) is 1. The second-order valence-electron chi connectivity index (χ2n) is 6.00. The highest BCUT2D eigenvalue weighted by Gasteiger charge is 2.31. The number of halogens is 2. The van der Waals surface area contributed by atoms with Crippen LogP contribution in [0.15, 0.2) is 18.2 Å². The first-order valence-corrected chi connectivity index (χ1v) is 6.97. The van der Waals surface area contributed by atoms with Crippen LogP contribution in [0, 0.1) is 17.6 Å². The summed E-state index contributed by atoms with van der Waals surface area (Å²) < 4.78 is 26.6. The fourth-order valence-electron chi connectivity index (χ4n) is 3.05. The van der Waals surface area contributed by atoms with Crippen molar-refractivity contribution in [1.29, 1.82) is 0 Å². The van der Waals surface area contributed by atoms with Gasteiger partial charge in [-0.25, -0.2) is 8.78 Å². The molecule has 3 atom stereocenters. The van der Waals surface area contributed by atoms with E-state index in [0.29, 0.717) is 24.1 Å². The summed E-state index contributed by atoms with van der Waals surface area (Å²) in [5.41, 5.74) is 6.46. The van der Waals surface area contributed by atoms with E-state index in [9.17, 15) is 8.78 Å². The van der Waals surface area contributed by atoms with Crippen molar-refractivity contribution < 1.29 is 8.78 Å². The van der Waals surface area contributed by atoms with E-state index >= 15 is 0 Å². The average Bonchev–Trinajstić information content (AvgIpc) is 2.70. The van der Waals surface area contributed by atoms with Crippen molar-refractivity contribution in [2.24, 2.45) is 11.7 Å². The van der Waals surface area contributed by atoms with Gasteiger partial charge in [0.25, 0.3) is 0 Å². The Balaban J connectivity index is 2.00. The second kappa shape index (κ2) is 6.16. The van der Waals surface area contributed by atoms with Gasteiger partial charge in [0.2, 0.25) is 0 Å². The quantitative estimate of drug-likeness (QED) is 0.915. The van der Waals surface area contributed by atoms with Gasteiger partial charge in [-0.2, -0.15) is 0 Å². The number of likely N-dealkylation sites (N-methyl/N-ethyl adjacent to an activating group) is 1. The minimum Gasteiger partial charge on any atom is -0.323 e. The predicted molar refractivity (Wildman–Crippen MR) is 76.4 cm³/mol. The van der Waals surface area contributed by atoms with E-state index in [2.05, 4.69) is 30.8 Å². The summed E-state index contributed by atoms with van der Waals surface area (Å²) in [7, 11) is 4.15. The molecule has 0 spiro atoms. The molecule has 1 aromatic carbocycles. The first-order valence-electron chi connectivity index (χ1n) is 6.97. The summed E-state index contributed by atoms with van der Waals surface area (Å²) in [6, 6.07) is 3.67. The van der Waals surface area contributed by atoms with Crippen LogP contribution >= 0.6 is 0 Å². The molecule has 1 fully saturated rings. The monoisotopic (exact) mass is 283 g/mol. The molecule has 0 aliphatic carbocycles. The van der Waals surface area contributed by atoms with Gasteiger partial charge in [-0.1, -0.05) is 13.0 Å². The molecule has 1 aliphatic heterocycles. The average molecular weight is 283 g/mol. The molecule has 3 unspecified atom stereocenters. The summed E-state index contributed by atoms with van der Waals surface area (Å²) in [5, 5.41) is 0. The molecule has 1 aromatic rings. The van der Waals surface area contributed by atoms with Gasteiger partial charge in [0.05, 0.1) is 0 Å². The Morgan fingerprint density at radius 3 is 2.60 bits per heavy atom. The van der Waals surface area contributed by atoms with E-state index in [1.165, 1.54) is 12.1 Å². The summed E-state index contributed by atoms with van der Waals surface area (Å²) in [4.78, 5) is 4.47. The Hall–Kier alpha value is -1.04. The lowest BCUT2D eigenvalue weighted by Gasteiger charge is -2.24. The molecule has 1 heterocycles. The van der Waals surface area contributed by atoms with Crippen molar-refractivity contribution >= 4 is 0 Å². The maximum atomic E-state index is 13.7. The molecule has 0 saturated carbocycles. The van der Waals surface area contributed by atoms with Crippen LogP contribution in [0.2, 0.25) is 0 Å². The molecule has 2 N–H and O–H groups in total. The Morgan fingerprint density at radius 2 is 2.05 bits per heavy atom. The molecule has 0 radical (unpaired) electrons. The summed E-state index contributed by atoms with van der Waals surface area (Å²) in [6.07, 6.45) is 0. The van der Waals surface area contributed by atoms with Gasteiger partial charge in [0, 0.05) is 43.3 Å². The molecular weight excluding hydrogens is 260 g/mol. The summed E-state index contributed by atoms with van der Waals surface area (Å²) in [5.74, 6) is -0.565. The maximum Gasteiger partial charge on any atom is 0.130 e. The highest BCUT2D eigenvalue weighted by Crippen LogP contribution is 2.23. The van der Waals surface area contributed by atoms with Crippen LogP contribution in [-0.2, 0) is 0 Å². The van der Waals surface area contributed by atoms with Crippen LogP contribution in [0.4, 0.5) is 8.78 Å². The van der Waals surface area contributed by atoms with Gasteiger partial charge in [0.15, 0.2) is 0 Å². The Morgan fingerprint density at radius 1 is 1.35 bits per heavy atom. The fraction of sp³-hybridized carbons (Fsp3) is 0.600. The number of rotatable bonds is 4. The van der Waals surface area contributed by atoms with Crippen LogP contribution in [0.25, 0.3) is 0 Å². The van der Waals surface area contributed by atoms with E-state index in [4.69, 9.17) is 5.73 Å². The standard InChI is InChI=1S/C15H23F2N3/c1-10-7-20(9-15(10)19(2)3)8-14(18)12-5-4-11(16)6-13(12)17/h4-6,10,14-15H,7-9,18H2,1-3H3. The molecule has 20 heavy (non-hydrogen) atoms. The van der Waals surface area contributed by atoms with Crippen LogP contribution in [0.5, 0.6) is 0 Å². The smallest absolute Gasteiger partial charge is 0.130 e. The highest BCUT2D eigenvalue weighted by molar-refractivity contribution is 5.22. The van der Waals surface area contributed by atoms with Crippen LogP contribution < -0.4 is 5.73 Å². The van der Waals surface area contributed by atoms with E-state index in [-0.39, 0.29) is 0 Å². The van der Waals surface area contributed by atoms with Crippen molar-refractivity contribution in [3.8, 4) is 0 Å².